The van der Waals surface area contributed by atoms with Crippen molar-refractivity contribution < 1.29 is 18.3 Å². The monoisotopic (exact) mass is 345 g/mol. The van der Waals surface area contributed by atoms with Crippen molar-refractivity contribution in [3.05, 3.63) is 51.2 Å². The van der Waals surface area contributed by atoms with Gasteiger partial charge in [-0.1, -0.05) is 17.7 Å². The Kier molecular flexibility index (Phi) is 4.67. The van der Waals surface area contributed by atoms with Crippen LogP contribution in [0.1, 0.15) is 28.2 Å². The number of sulfonamides is 1. The number of nitrogens with one attached hydrogen (secondary N) is 1. The van der Waals surface area contributed by atoms with Crippen LogP contribution in [0.3, 0.4) is 0 Å². The minimum atomic E-state index is -3.80. The molecule has 2 rings (SSSR count). The molecule has 2 aromatic rings. The summed E-state index contributed by atoms with van der Waals surface area (Å²) in [7, 11) is -3.80. The molecule has 0 aliphatic rings. The molecule has 8 heteroatoms. The summed E-state index contributed by atoms with van der Waals surface area (Å²) in [5.74, 6) is -1.18. The van der Waals surface area contributed by atoms with Crippen molar-refractivity contribution in [3.63, 3.8) is 0 Å². The molecular formula is C13H12ClNO4S2. The Morgan fingerprint density at radius 3 is 2.62 bits per heavy atom. The highest BCUT2D eigenvalue weighted by molar-refractivity contribution is 7.89. The molecule has 2 N–H and O–H groups in total. The number of carbonyl (C=O) groups is 1. The third kappa shape index (κ3) is 3.82. The maximum Gasteiger partial charge on any atom is 0.335 e. The van der Waals surface area contributed by atoms with Crippen molar-refractivity contribution in [2.45, 2.75) is 17.9 Å². The van der Waals surface area contributed by atoms with Gasteiger partial charge in [0.1, 0.15) is 0 Å². The van der Waals surface area contributed by atoms with E-state index in [0.29, 0.717) is 4.34 Å². The molecule has 0 spiro atoms. The molecule has 0 aliphatic heterocycles. The van der Waals surface area contributed by atoms with Gasteiger partial charge in [0, 0.05) is 4.88 Å². The van der Waals surface area contributed by atoms with E-state index < -0.39 is 22.0 Å². The first-order valence-electron chi connectivity index (χ1n) is 5.90. The molecule has 1 aromatic heterocycles. The number of aromatic carboxylic acids is 1. The summed E-state index contributed by atoms with van der Waals surface area (Å²) in [6, 6.07) is 8.18. The Morgan fingerprint density at radius 1 is 1.33 bits per heavy atom. The van der Waals surface area contributed by atoms with E-state index >= 15 is 0 Å². The number of rotatable bonds is 5. The number of hydrogen-bond donors (Lipinski definition) is 2. The Morgan fingerprint density at radius 2 is 2.05 bits per heavy atom. The van der Waals surface area contributed by atoms with Crippen LogP contribution in [0, 0.1) is 0 Å². The van der Waals surface area contributed by atoms with Crippen molar-refractivity contribution in [2.75, 3.05) is 0 Å². The summed E-state index contributed by atoms with van der Waals surface area (Å²) < 4.78 is 27.6. The van der Waals surface area contributed by atoms with Crippen LogP contribution in [0.15, 0.2) is 41.3 Å². The highest BCUT2D eigenvalue weighted by atomic mass is 35.5. The quantitative estimate of drug-likeness (QED) is 0.872. The van der Waals surface area contributed by atoms with E-state index in [9.17, 15) is 13.2 Å². The Balaban J connectivity index is 2.26. The highest BCUT2D eigenvalue weighted by Gasteiger charge is 2.20. The fraction of sp³-hybridized carbons (Fsp3) is 0.154. The topological polar surface area (TPSA) is 83.5 Å². The fourth-order valence-electron chi connectivity index (χ4n) is 1.72. The number of carboxylic acid groups (broad SMARTS) is 1. The Hall–Kier alpha value is -1.41. The van der Waals surface area contributed by atoms with E-state index in [0.717, 1.165) is 10.9 Å². The lowest BCUT2D eigenvalue weighted by molar-refractivity contribution is 0.0696. The second-order valence-corrected chi connectivity index (χ2v) is 7.78. The van der Waals surface area contributed by atoms with Gasteiger partial charge >= 0.3 is 5.97 Å². The molecule has 5 nitrogen and oxygen atoms in total. The lowest BCUT2D eigenvalue weighted by atomic mass is 10.2. The summed E-state index contributed by atoms with van der Waals surface area (Å²) in [5.41, 5.74) is -0.0790. The van der Waals surface area contributed by atoms with Gasteiger partial charge in [-0.25, -0.2) is 17.9 Å². The zero-order chi connectivity index (χ0) is 15.6. The maximum atomic E-state index is 12.3. The molecule has 0 radical (unpaired) electrons. The molecule has 1 heterocycles. The lowest BCUT2D eigenvalue weighted by Crippen LogP contribution is -2.26. The highest BCUT2D eigenvalue weighted by Crippen LogP contribution is 2.27. The van der Waals surface area contributed by atoms with Gasteiger partial charge in [0.05, 0.1) is 20.8 Å². The third-order valence-corrected chi connectivity index (χ3v) is 5.70. The summed E-state index contributed by atoms with van der Waals surface area (Å²) in [6.07, 6.45) is 0. The number of thiophene rings is 1. The van der Waals surface area contributed by atoms with E-state index in [1.54, 1.807) is 19.1 Å². The van der Waals surface area contributed by atoms with Gasteiger partial charge in [0.2, 0.25) is 10.0 Å². The number of carboxylic acids is 1. The smallest absolute Gasteiger partial charge is 0.335 e. The molecule has 0 fully saturated rings. The van der Waals surface area contributed by atoms with E-state index in [1.165, 1.54) is 29.5 Å². The van der Waals surface area contributed by atoms with Crippen LogP contribution in [0.4, 0.5) is 0 Å². The van der Waals surface area contributed by atoms with Crippen molar-refractivity contribution in [3.8, 4) is 0 Å². The summed E-state index contributed by atoms with van der Waals surface area (Å²) >= 11 is 7.11. The minimum Gasteiger partial charge on any atom is -0.478 e. The first-order chi connectivity index (χ1) is 9.79. The molecule has 1 atom stereocenters. The molecule has 1 aromatic carbocycles. The van der Waals surface area contributed by atoms with E-state index in [4.69, 9.17) is 16.7 Å². The van der Waals surface area contributed by atoms with Gasteiger partial charge in [-0.3, -0.25) is 0 Å². The van der Waals surface area contributed by atoms with Gasteiger partial charge in [-0.2, -0.15) is 0 Å². The van der Waals surface area contributed by atoms with Crippen molar-refractivity contribution in [1.82, 2.24) is 4.72 Å². The molecule has 21 heavy (non-hydrogen) atoms. The Labute approximate surface area is 131 Å². The number of benzene rings is 1. The minimum absolute atomic E-state index is 0.0790. The van der Waals surface area contributed by atoms with Crippen LogP contribution in [-0.4, -0.2) is 19.5 Å². The van der Waals surface area contributed by atoms with Gasteiger partial charge in [0.15, 0.2) is 0 Å². The van der Waals surface area contributed by atoms with Crippen LogP contribution < -0.4 is 4.72 Å². The van der Waals surface area contributed by atoms with Crippen LogP contribution in [0.5, 0.6) is 0 Å². The number of halogens is 1. The molecule has 0 saturated heterocycles. The molecule has 0 saturated carbocycles. The van der Waals surface area contributed by atoms with Crippen LogP contribution >= 0.6 is 22.9 Å². The van der Waals surface area contributed by atoms with Crippen LogP contribution in [0.25, 0.3) is 0 Å². The predicted octanol–water partition coefficient (Wildman–Crippen LogP) is 3.14. The standard InChI is InChI=1S/C13H12ClNO4S2/c1-8(11-5-6-12(14)20-11)15-21(18,19)10-4-2-3-9(7-10)13(16)17/h2-8,15H,1H3,(H,16,17). The second kappa shape index (κ2) is 6.15. The SMILES string of the molecule is CC(NS(=O)(=O)c1cccc(C(=O)O)c1)c1ccc(Cl)s1. The first-order valence-corrected chi connectivity index (χ1v) is 8.58. The van der Waals surface area contributed by atoms with Crippen molar-refractivity contribution >= 4 is 38.9 Å². The fourth-order valence-corrected chi connectivity index (χ4v) is 4.12. The second-order valence-electron chi connectivity index (χ2n) is 4.32. The van der Waals surface area contributed by atoms with Crippen molar-refractivity contribution in [2.24, 2.45) is 0 Å². The molecule has 0 amide bonds. The molecular weight excluding hydrogens is 334 g/mol. The summed E-state index contributed by atoms with van der Waals surface area (Å²) in [4.78, 5) is 11.6. The zero-order valence-corrected chi connectivity index (χ0v) is 13.3. The van der Waals surface area contributed by atoms with Gasteiger partial charge < -0.3 is 5.11 Å². The molecule has 112 valence electrons. The maximum absolute atomic E-state index is 12.3. The first kappa shape index (κ1) is 16.0. The normalized spacial score (nSPS) is 13.0. The van der Waals surface area contributed by atoms with Crippen LogP contribution in [0.2, 0.25) is 4.34 Å². The Bertz CT molecular complexity index is 770. The average Bonchev–Trinajstić information content (AvgIpc) is 2.85. The largest absolute Gasteiger partial charge is 0.478 e. The third-order valence-electron chi connectivity index (χ3n) is 2.74. The van der Waals surface area contributed by atoms with E-state index in [2.05, 4.69) is 4.72 Å². The van der Waals surface area contributed by atoms with Gasteiger partial charge in [-0.15, -0.1) is 11.3 Å². The average molecular weight is 346 g/mol. The molecule has 0 aliphatic carbocycles. The number of hydrogen-bond acceptors (Lipinski definition) is 4. The van der Waals surface area contributed by atoms with E-state index in [1.807, 2.05) is 0 Å². The summed E-state index contributed by atoms with van der Waals surface area (Å²) in [5, 5.41) is 8.91. The van der Waals surface area contributed by atoms with Gasteiger partial charge in [0.25, 0.3) is 0 Å². The lowest BCUT2D eigenvalue weighted by Gasteiger charge is -2.13. The van der Waals surface area contributed by atoms with Crippen molar-refractivity contribution in [1.29, 1.82) is 0 Å². The van der Waals surface area contributed by atoms with Crippen LogP contribution in [-0.2, 0) is 10.0 Å². The summed E-state index contributed by atoms with van der Waals surface area (Å²) in [6.45, 7) is 1.70. The molecule has 0 bridgehead atoms. The molecule has 1 unspecified atom stereocenters. The van der Waals surface area contributed by atoms with Gasteiger partial charge in [-0.05, 0) is 37.3 Å². The predicted molar refractivity (Wildman–Crippen MR) is 81.5 cm³/mol. The zero-order valence-electron chi connectivity index (χ0n) is 10.9. The van der Waals surface area contributed by atoms with E-state index in [-0.39, 0.29) is 10.5 Å².